The summed E-state index contributed by atoms with van der Waals surface area (Å²) in [6, 6.07) is 15.3. The second-order valence-electron chi connectivity index (χ2n) is 7.06. The molecule has 0 fully saturated rings. The van der Waals surface area contributed by atoms with Gasteiger partial charge in [0.2, 0.25) is 15.9 Å². The molecule has 5 rings (SSSR count). The highest BCUT2D eigenvalue weighted by atomic mass is 32.2. The Morgan fingerprint density at radius 1 is 1.00 bits per heavy atom. The minimum atomic E-state index is -3.78. The lowest BCUT2D eigenvalue weighted by Gasteiger charge is -2.07. The van der Waals surface area contributed by atoms with Gasteiger partial charge in [0.25, 0.3) is 11.4 Å². The third-order valence-corrected chi connectivity index (χ3v) is 6.97. The average Bonchev–Trinajstić information content (AvgIpc) is 3.56. The molecule has 0 aliphatic carbocycles. The quantitative estimate of drug-likeness (QED) is 0.353. The highest BCUT2D eigenvalue weighted by molar-refractivity contribution is 7.89. The number of hydrogen-bond donors (Lipinski definition) is 2. The average molecular weight is 493 g/mol. The number of nitrogens with one attached hydrogen (secondary N) is 2. The van der Waals surface area contributed by atoms with Crippen molar-refractivity contribution in [2.75, 3.05) is 0 Å². The molecular weight excluding hydrogens is 476 g/mol. The molecule has 0 aliphatic rings. The Kier molecular flexibility index (Phi) is 5.84. The summed E-state index contributed by atoms with van der Waals surface area (Å²) in [6.07, 6.45) is 2.95. The molecule has 0 radical (unpaired) electrons. The second-order valence-corrected chi connectivity index (χ2v) is 9.72. The molecule has 12 heteroatoms. The Labute approximate surface area is 197 Å². The largest absolute Gasteiger partial charge is 0.416 e. The van der Waals surface area contributed by atoms with E-state index in [9.17, 15) is 13.2 Å². The zero-order valence-electron chi connectivity index (χ0n) is 17.4. The summed E-state index contributed by atoms with van der Waals surface area (Å²) in [4.78, 5) is 23.5. The zero-order valence-corrected chi connectivity index (χ0v) is 19.0. The summed E-state index contributed by atoms with van der Waals surface area (Å²) in [5.41, 5.74) is 0.859. The fourth-order valence-corrected chi connectivity index (χ4v) is 4.75. The molecule has 34 heavy (non-hydrogen) atoms. The highest BCUT2D eigenvalue weighted by Crippen LogP contribution is 2.25. The lowest BCUT2D eigenvalue weighted by atomic mass is 10.2. The van der Waals surface area contributed by atoms with E-state index in [0.29, 0.717) is 16.4 Å². The normalized spacial score (nSPS) is 11.5. The van der Waals surface area contributed by atoms with Crippen LogP contribution >= 0.6 is 11.3 Å². The second kappa shape index (κ2) is 9.09. The predicted molar refractivity (Wildman–Crippen MR) is 125 cm³/mol. The van der Waals surface area contributed by atoms with Gasteiger partial charge in [-0.25, -0.2) is 23.1 Å². The topological polar surface area (TPSA) is 144 Å². The standard InChI is InChI=1S/C22H16N6O4S2/c29-19-17(13-24-18(26-19)22-23-9-10-33-22)21-28-27-20(32-21)15-7-4-8-16(11-15)34(30,31)25-12-14-5-2-1-3-6-14/h1-11,13,25H,12H2,(H,24,26,29). The van der Waals surface area contributed by atoms with E-state index in [1.165, 1.54) is 29.7 Å². The van der Waals surface area contributed by atoms with Crippen molar-refractivity contribution in [3.63, 3.8) is 0 Å². The van der Waals surface area contributed by atoms with Crippen LogP contribution in [-0.4, -0.2) is 33.6 Å². The van der Waals surface area contributed by atoms with Crippen molar-refractivity contribution in [3.05, 3.63) is 88.3 Å². The molecule has 0 bridgehead atoms. The van der Waals surface area contributed by atoms with Crippen molar-refractivity contribution >= 4 is 21.4 Å². The molecule has 3 heterocycles. The van der Waals surface area contributed by atoms with Crippen molar-refractivity contribution in [2.45, 2.75) is 11.4 Å². The summed E-state index contributed by atoms with van der Waals surface area (Å²) < 4.78 is 33.7. The highest BCUT2D eigenvalue weighted by Gasteiger charge is 2.19. The number of hydrogen-bond acceptors (Lipinski definition) is 9. The minimum absolute atomic E-state index is 0.0371. The van der Waals surface area contributed by atoms with Crippen LogP contribution in [0.2, 0.25) is 0 Å². The van der Waals surface area contributed by atoms with Gasteiger partial charge in [-0.05, 0) is 23.8 Å². The number of rotatable bonds is 7. The number of aromatic nitrogens is 5. The van der Waals surface area contributed by atoms with E-state index in [4.69, 9.17) is 4.42 Å². The van der Waals surface area contributed by atoms with Gasteiger partial charge in [0.1, 0.15) is 5.56 Å². The molecule has 5 aromatic rings. The SMILES string of the molecule is O=c1[nH]c(-c2nccs2)ncc1-c1nnc(-c2cccc(S(=O)(=O)NCc3ccccc3)c2)o1. The summed E-state index contributed by atoms with van der Waals surface area (Å²) in [6.45, 7) is 0.158. The summed E-state index contributed by atoms with van der Waals surface area (Å²) in [5.74, 6) is 0.368. The van der Waals surface area contributed by atoms with Crippen LogP contribution in [0.5, 0.6) is 0 Å². The van der Waals surface area contributed by atoms with E-state index in [1.54, 1.807) is 23.7 Å². The van der Waals surface area contributed by atoms with Gasteiger partial charge in [-0.1, -0.05) is 36.4 Å². The molecule has 0 saturated heterocycles. The van der Waals surface area contributed by atoms with E-state index in [-0.39, 0.29) is 28.8 Å². The van der Waals surface area contributed by atoms with Crippen LogP contribution in [0.4, 0.5) is 0 Å². The van der Waals surface area contributed by atoms with E-state index in [0.717, 1.165) is 5.56 Å². The van der Waals surface area contributed by atoms with Crippen LogP contribution in [0.1, 0.15) is 5.56 Å². The Bertz CT molecular complexity index is 1600. The van der Waals surface area contributed by atoms with Gasteiger partial charge >= 0.3 is 0 Å². The Morgan fingerprint density at radius 2 is 1.82 bits per heavy atom. The number of nitrogens with zero attached hydrogens (tertiary/aromatic N) is 4. The lowest BCUT2D eigenvalue weighted by Crippen LogP contribution is -2.23. The number of aromatic amines is 1. The van der Waals surface area contributed by atoms with Crippen LogP contribution in [0.3, 0.4) is 0 Å². The van der Waals surface area contributed by atoms with Crippen molar-refractivity contribution in [1.82, 2.24) is 29.9 Å². The summed E-state index contributed by atoms with van der Waals surface area (Å²) in [5, 5.41) is 10.3. The van der Waals surface area contributed by atoms with Crippen molar-refractivity contribution < 1.29 is 12.8 Å². The van der Waals surface area contributed by atoms with Crippen molar-refractivity contribution in [2.24, 2.45) is 0 Å². The Morgan fingerprint density at radius 3 is 2.59 bits per heavy atom. The van der Waals surface area contributed by atoms with Gasteiger partial charge < -0.3 is 9.40 Å². The first-order chi connectivity index (χ1) is 16.5. The van der Waals surface area contributed by atoms with Gasteiger partial charge in [-0.15, -0.1) is 21.5 Å². The van der Waals surface area contributed by atoms with E-state index in [2.05, 4.69) is 29.9 Å². The maximum absolute atomic E-state index is 12.8. The molecule has 0 aliphatic heterocycles. The van der Waals surface area contributed by atoms with Crippen LogP contribution in [0, 0.1) is 0 Å². The molecule has 0 atom stereocenters. The number of thiazole rings is 1. The predicted octanol–water partition coefficient (Wildman–Crippen LogP) is 3.09. The first-order valence-electron chi connectivity index (χ1n) is 9.97. The van der Waals surface area contributed by atoms with Crippen LogP contribution in [0.25, 0.3) is 33.7 Å². The molecule has 2 aromatic carbocycles. The van der Waals surface area contributed by atoms with Gasteiger partial charge in [0.15, 0.2) is 10.8 Å². The van der Waals surface area contributed by atoms with Crippen LogP contribution in [0.15, 0.2) is 86.5 Å². The fraction of sp³-hybridized carbons (Fsp3) is 0.0455. The van der Waals surface area contributed by atoms with E-state index >= 15 is 0 Å². The first kappa shape index (κ1) is 21.8. The van der Waals surface area contributed by atoms with Gasteiger partial charge in [0.05, 0.1) is 4.90 Å². The van der Waals surface area contributed by atoms with Gasteiger partial charge in [-0.2, -0.15) is 0 Å². The summed E-state index contributed by atoms with van der Waals surface area (Å²) >= 11 is 1.34. The number of sulfonamides is 1. The molecule has 0 spiro atoms. The van der Waals surface area contributed by atoms with Gasteiger partial charge in [-0.3, -0.25) is 4.79 Å². The van der Waals surface area contributed by atoms with E-state index < -0.39 is 15.6 Å². The van der Waals surface area contributed by atoms with Crippen LogP contribution < -0.4 is 10.3 Å². The number of benzene rings is 2. The van der Waals surface area contributed by atoms with Crippen molar-refractivity contribution in [3.8, 4) is 33.7 Å². The molecule has 2 N–H and O–H groups in total. The van der Waals surface area contributed by atoms with Gasteiger partial charge in [0, 0.05) is 29.9 Å². The zero-order chi connectivity index (χ0) is 23.5. The monoisotopic (exact) mass is 492 g/mol. The lowest BCUT2D eigenvalue weighted by molar-refractivity contribution is 0.580. The summed E-state index contributed by atoms with van der Waals surface area (Å²) in [7, 11) is -3.78. The van der Waals surface area contributed by atoms with E-state index in [1.807, 2.05) is 30.3 Å². The maximum atomic E-state index is 12.8. The van der Waals surface area contributed by atoms with Crippen LogP contribution in [-0.2, 0) is 16.6 Å². The van der Waals surface area contributed by atoms with Crippen molar-refractivity contribution in [1.29, 1.82) is 0 Å². The Balaban J connectivity index is 1.38. The molecular formula is C22H16N6O4S2. The molecule has 0 unspecified atom stereocenters. The third-order valence-electron chi connectivity index (χ3n) is 4.79. The maximum Gasteiger partial charge on any atom is 0.264 e. The molecule has 170 valence electrons. The fourth-order valence-electron chi connectivity index (χ4n) is 3.10. The minimum Gasteiger partial charge on any atom is -0.416 e. The first-order valence-corrected chi connectivity index (χ1v) is 12.3. The molecule has 10 nitrogen and oxygen atoms in total. The smallest absolute Gasteiger partial charge is 0.264 e. The molecule has 0 amide bonds. The number of H-pyrrole nitrogens is 1. The Hall–Kier alpha value is -4.00. The third kappa shape index (κ3) is 4.55. The molecule has 3 aromatic heterocycles. The molecule has 0 saturated carbocycles.